The molecule has 1 aliphatic heterocycles. The molecule has 1 aliphatic rings. The Morgan fingerprint density at radius 1 is 1.53 bits per heavy atom. The van der Waals surface area contributed by atoms with Crippen LogP contribution in [0.4, 0.5) is 0 Å². The Morgan fingerprint density at radius 3 is 2.94 bits per heavy atom. The van der Waals surface area contributed by atoms with Crippen molar-refractivity contribution < 1.29 is 13.5 Å². The Morgan fingerprint density at radius 2 is 2.29 bits per heavy atom. The number of thioether (sulfide) groups is 1. The second kappa shape index (κ2) is 7.58. The highest BCUT2D eigenvalue weighted by atomic mass is 32.2. The van der Waals surface area contributed by atoms with Crippen LogP contribution in [-0.2, 0) is 10.2 Å². The molecule has 102 valence electrons. The van der Waals surface area contributed by atoms with E-state index in [9.17, 15) is 8.42 Å². The van der Waals surface area contributed by atoms with Crippen LogP contribution >= 0.6 is 11.8 Å². The molecule has 0 aliphatic carbocycles. The highest BCUT2D eigenvalue weighted by molar-refractivity contribution is 7.98. The zero-order valence-corrected chi connectivity index (χ0v) is 11.9. The van der Waals surface area contributed by atoms with Gasteiger partial charge in [-0.1, -0.05) is 0 Å². The third-order valence-corrected chi connectivity index (χ3v) is 5.17. The molecule has 0 spiro atoms. The van der Waals surface area contributed by atoms with E-state index in [-0.39, 0.29) is 12.5 Å². The van der Waals surface area contributed by atoms with Crippen LogP contribution in [0.5, 0.6) is 0 Å². The molecule has 2 N–H and O–H groups in total. The molecule has 17 heavy (non-hydrogen) atoms. The minimum Gasteiger partial charge on any atom is -0.396 e. The van der Waals surface area contributed by atoms with Gasteiger partial charge < -0.3 is 5.11 Å². The van der Waals surface area contributed by atoms with Crippen LogP contribution in [0.15, 0.2) is 0 Å². The van der Waals surface area contributed by atoms with Crippen LogP contribution < -0.4 is 4.72 Å². The SMILES string of the molecule is CSCCCNS(=O)(=O)N1CCCC(CO)C1. The first-order valence-electron chi connectivity index (χ1n) is 5.94. The molecule has 0 saturated carbocycles. The molecule has 0 bridgehead atoms. The topological polar surface area (TPSA) is 69.6 Å². The number of nitrogens with one attached hydrogen (secondary N) is 1. The fourth-order valence-corrected chi connectivity index (χ4v) is 3.70. The molecule has 7 heteroatoms. The zero-order chi connectivity index (χ0) is 12.7. The lowest BCUT2D eigenvalue weighted by atomic mass is 10.0. The second-order valence-corrected chi connectivity index (χ2v) is 7.04. The highest BCUT2D eigenvalue weighted by Gasteiger charge is 2.27. The number of nitrogens with zero attached hydrogens (tertiary/aromatic N) is 1. The maximum absolute atomic E-state index is 11.9. The average molecular weight is 282 g/mol. The smallest absolute Gasteiger partial charge is 0.279 e. The van der Waals surface area contributed by atoms with Crippen molar-refractivity contribution in [3.8, 4) is 0 Å². The molecule has 1 unspecified atom stereocenters. The van der Waals surface area contributed by atoms with Gasteiger partial charge >= 0.3 is 0 Å². The lowest BCUT2D eigenvalue weighted by Gasteiger charge is -2.30. The normalized spacial score (nSPS) is 22.8. The molecule has 1 rings (SSSR count). The molecular weight excluding hydrogens is 260 g/mol. The number of aliphatic hydroxyl groups is 1. The van der Waals surface area contributed by atoms with E-state index in [0.29, 0.717) is 19.6 Å². The van der Waals surface area contributed by atoms with E-state index in [1.807, 2.05) is 6.26 Å². The molecule has 0 aromatic rings. The lowest BCUT2D eigenvalue weighted by molar-refractivity contribution is 0.165. The van der Waals surface area contributed by atoms with Crippen molar-refractivity contribution in [2.75, 3.05) is 38.2 Å². The van der Waals surface area contributed by atoms with E-state index in [0.717, 1.165) is 25.0 Å². The molecule has 1 fully saturated rings. The van der Waals surface area contributed by atoms with Gasteiger partial charge in [0.25, 0.3) is 10.2 Å². The van der Waals surface area contributed by atoms with Crippen molar-refractivity contribution >= 4 is 22.0 Å². The summed E-state index contributed by atoms with van der Waals surface area (Å²) in [6, 6.07) is 0. The second-order valence-electron chi connectivity index (χ2n) is 4.29. The summed E-state index contributed by atoms with van der Waals surface area (Å²) in [4.78, 5) is 0. The average Bonchev–Trinajstić information content (AvgIpc) is 2.35. The number of hydrogen-bond donors (Lipinski definition) is 2. The molecule has 1 atom stereocenters. The van der Waals surface area contributed by atoms with Crippen molar-refractivity contribution in [3.05, 3.63) is 0 Å². The fourth-order valence-electron chi connectivity index (χ4n) is 1.90. The largest absolute Gasteiger partial charge is 0.396 e. The first-order chi connectivity index (χ1) is 8.10. The van der Waals surface area contributed by atoms with Gasteiger partial charge in [0.05, 0.1) is 0 Å². The van der Waals surface area contributed by atoms with Gasteiger partial charge in [0, 0.05) is 26.2 Å². The maximum atomic E-state index is 11.9. The van der Waals surface area contributed by atoms with Crippen molar-refractivity contribution in [3.63, 3.8) is 0 Å². The summed E-state index contributed by atoms with van der Waals surface area (Å²) in [5, 5.41) is 9.08. The summed E-state index contributed by atoms with van der Waals surface area (Å²) >= 11 is 1.71. The monoisotopic (exact) mass is 282 g/mol. The summed E-state index contributed by atoms with van der Waals surface area (Å²) in [5.41, 5.74) is 0. The first kappa shape index (κ1) is 15.2. The van der Waals surface area contributed by atoms with Crippen molar-refractivity contribution in [1.82, 2.24) is 9.03 Å². The quantitative estimate of drug-likeness (QED) is 0.658. The van der Waals surface area contributed by atoms with Crippen LogP contribution in [0.1, 0.15) is 19.3 Å². The Hall–Kier alpha value is 0.180. The van der Waals surface area contributed by atoms with Crippen molar-refractivity contribution in [2.45, 2.75) is 19.3 Å². The summed E-state index contributed by atoms with van der Waals surface area (Å²) in [6.45, 7) is 1.56. The van der Waals surface area contributed by atoms with Crippen LogP contribution in [0.2, 0.25) is 0 Å². The number of aliphatic hydroxyl groups excluding tert-OH is 1. The molecule has 0 aromatic heterocycles. The molecule has 5 nitrogen and oxygen atoms in total. The van der Waals surface area contributed by atoms with Gasteiger partial charge in [-0.3, -0.25) is 0 Å². The summed E-state index contributed by atoms with van der Waals surface area (Å²) in [5.74, 6) is 1.05. The predicted molar refractivity (Wildman–Crippen MR) is 71.3 cm³/mol. The summed E-state index contributed by atoms with van der Waals surface area (Å²) in [7, 11) is -3.34. The maximum Gasteiger partial charge on any atom is 0.279 e. The van der Waals surface area contributed by atoms with Gasteiger partial charge in [0.1, 0.15) is 0 Å². The van der Waals surface area contributed by atoms with Crippen molar-refractivity contribution in [1.29, 1.82) is 0 Å². The Labute approximate surface area is 108 Å². The Balaban J connectivity index is 2.40. The number of hydrogen-bond acceptors (Lipinski definition) is 4. The third kappa shape index (κ3) is 5.13. The van der Waals surface area contributed by atoms with E-state index in [4.69, 9.17) is 5.11 Å². The van der Waals surface area contributed by atoms with Gasteiger partial charge in [0.2, 0.25) is 0 Å². The lowest BCUT2D eigenvalue weighted by Crippen LogP contribution is -2.46. The molecular formula is C10H22N2O3S2. The first-order valence-corrected chi connectivity index (χ1v) is 8.78. The Bertz CT molecular complexity index is 309. The Kier molecular flexibility index (Phi) is 6.79. The minimum absolute atomic E-state index is 0.0680. The minimum atomic E-state index is -3.34. The molecule has 1 saturated heterocycles. The van der Waals surface area contributed by atoms with E-state index in [2.05, 4.69) is 4.72 Å². The number of piperidine rings is 1. The summed E-state index contributed by atoms with van der Waals surface area (Å²) in [6.07, 6.45) is 4.59. The van der Waals surface area contributed by atoms with Crippen LogP contribution in [0.3, 0.4) is 0 Å². The van der Waals surface area contributed by atoms with E-state index >= 15 is 0 Å². The van der Waals surface area contributed by atoms with Crippen LogP contribution in [0.25, 0.3) is 0 Å². The van der Waals surface area contributed by atoms with E-state index < -0.39 is 10.2 Å². The van der Waals surface area contributed by atoms with Gasteiger partial charge in [-0.15, -0.1) is 0 Å². The fraction of sp³-hybridized carbons (Fsp3) is 1.00. The zero-order valence-electron chi connectivity index (χ0n) is 10.3. The molecule has 0 aromatic carbocycles. The van der Waals surface area contributed by atoms with Crippen LogP contribution in [0, 0.1) is 5.92 Å². The molecule has 0 amide bonds. The van der Waals surface area contributed by atoms with E-state index in [1.165, 1.54) is 4.31 Å². The van der Waals surface area contributed by atoms with Gasteiger partial charge in [-0.05, 0) is 37.2 Å². The summed E-state index contributed by atoms with van der Waals surface area (Å²) < 4.78 is 27.9. The predicted octanol–water partition coefficient (Wildman–Crippen LogP) is 0.278. The number of rotatable bonds is 7. The van der Waals surface area contributed by atoms with Crippen molar-refractivity contribution in [2.24, 2.45) is 5.92 Å². The molecule has 1 heterocycles. The van der Waals surface area contributed by atoms with Crippen LogP contribution in [-0.4, -0.2) is 56.1 Å². The van der Waals surface area contributed by atoms with Gasteiger partial charge in [0.15, 0.2) is 0 Å². The molecule has 0 radical (unpaired) electrons. The highest BCUT2D eigenvalue weighted by Crippen LogP contribution is 2.17. The van der Waals surface area contributed by atoms with E-state index in [1.54, 1.807) is 11.8 Å². The standard InChI is InChI=1S/C10H22N2O3S2/c1-16-7-3-5-11-17(14,15)12-6-2-4-10(8-12)9-13/h10-11,13H,2-9H2,1H3. The van der Waals surface area contributed by atoms with Gasteiger partial charge in [-0.25, -0.2) is 4.72 Å². The third-order valence-electron chi connectivity index (χ3n) is 2.89. The van der Waals surface area contributed by atoms with Gasteiger partial charge in [-0.2, -0.15) is 24.5 Å².